The highest BCUT2D eigenvalue weighted by atomic mass is 35.5. The Morgan fingerprint density at radius 3 is 2.43 bits per heavy atom. The van der Waals surface area contributed by atoms with E-state index < -0.39 is 23.9 Å². The molecule has 0 bridgehead atoms. The average Bonchev–Trinajstić information content (AvgIpc) is 2.92. The predicted octanol–water partition coefficient (Wildman–Crippen LogP) is 2.63. The molecular formula is C28H26ClN3O5. The molecule has 0 aliphatic heterocycles. The van der Waals surface area contributed by atoms with E-state index >= 15 is 0 Å². The number of carbonyl (C=O) groups is 3. The number of aldehydes is 1. The fourth-order valence-corrected chi connectivity index (χ4v) is 3.66. The van der Waals surface area contributed by atoms with Gasteiger partial charge in [-0.15, -0.1) is 0 Å². The van der Waals surface area contributed by atoms with Crippen LogP contribution in [0, 0.1) is 11.8 Å². The number of anilines is 1. The predicted molar refractivity (Wildman–Crippen MR) is 141 cm³/mol. The molecule has 0 aliphatic rings. The highest BCUT2D eigenvalue weighted by Gasteiger charge is 2.25. The van der Waals surface area contributed by atoms with Crippen molar-refractivity contribution >= 4 is 35.4 Å². The van der Waals surface area contributed by atoms with Gasteiger partial charge < -0.3 is 26.2 Å². The summed E-state index contributed by atoms with van der Waals surface area (Å²) in [7, 11) is 0. The van der Waals surface area contributed by atoms with Crippen LogP contribution in [0.15, 0.2) is 72.8 Å². The SMILES string of the molecule is N[C@H](C(=O)N[C@@H](Cc1ccccc1)C(=O)Nc1ccc(C#CC=O)cc1Cl)c1ccc(OCCO)cc1. The summed E-state index contributed by atoms with van der Waals surface area (Å²) < 4.78 is 5.33. The molecule has 0 saturated carbocycles. The van der Waals surface area contributed by atoms with Gasteiger partial charge in [-0.2, -0.15) is 0 Å². The zero-order valence-electron chi connectivity index (χ0n) is 19.8. The third kappa shape index (κ3) is 8.19. The lowest BCUT2D eigenvalue weighted by molar-refractivity contribution is -0.127. The third-order valence-electron chi connectivity index (χ3n) is 5.30. The van der Waals surface area contributed by atoms with Crippen molar-refractivity contribution in [2.75, 3.05) is 18.5 Å². The smallest absolute Gasteiger partial charge is 0.247 e. The molecule has 9 heteroatoms. The molecule has 0 radical (unpaired) electrons. The van der Waals surface area contributed by atoms with Gasteiger partial charge >= 0.3 is 0 Å². The Bertz CT molecular complexity index is 1290. The van der Waals surface area contributed by atoms with Crippen molar-refractivity contribution in [1.29, 1.82) is 0 Å². The zero-order chi connectivity index (χ0) is 26.6. The Balaban J connectivity index is 1.76. The molecule has 0 spiro atoms. The minimum absolute atomic E-state index is 0.113. The molecule has 0 aliphatic carbocycles. The summed E-state index contributed by atoms with van der Waals surface area (Å²) in [6.45, 7) is 0.0409. The fourth-order valence-electron chi connectivity index (χ4n) is 3.43. The van der Waals surface area contributed by atoms with E-state index in [9.17, 15) is 14.4 Å². The van der Waals surface area contributed by atoms with E-state index in [4.69, 9.17) is 27.2 Å². The number of nitrogens with two attached hydrogens (primary N) is 1. The van der Waals surface area contributed by atoms with Crippen molar-refractivity contribution < 1.29 is 24.2 Å². The topological polar surface area (TPSA) is 131 Å². The molecular weight excluding hydrogens is 494 g/mol. The highest BCUT2D eigenvalue weighted by molar-refractivity contribution is 6.33. The lowest BCUT2D eigenvalue weighted by Gasteiger charge is -2.21. The maximum absolute atomic E-state index is 13.2. The molecule has 0 unspecified atom stereocenters. The van der Waals surface area contributed by atoms with E-state index in [1.54, 1.807) is 36.4 Å². The highest BCUT2D eigenvalue weighted by Crippen LogP contribution is 2.23. The van der Waals surface area contributed by atoms with E-state index in [2.05, 4.69) is 22.5 Å². The number of nitrogens with one attached hydrogen (secondary N) is 2. The van der Waals surface area contributed by atoms with Crippen molar-refractivity contribution in [3.63, 3.8) is 0 Å². The average molecular weight is 520 g/mol. The number of rotatable bonds is 10. The first-order valence-corrected chi connectivity index (χ1v) is 11.8. The van der Waals surface area contributed by atoms with Crippen LogP contribution in [-0.4, -0.2) is 42.5 Å². The monoisotopic (exact) mass is 519 g/mol. The van der Waals surface area contributed by atoms with Crippen LogP contribution in [-0.2, 0) is 20.8 Å². The first-order chi connectivity index (χ1) is 17.9. The van der Waals surface area contributed by atoms with Gasteiger partial charge in [-0.25, -0.2) is 0 Å². The summed E-state index contributed by atoms with van der Waals surface area (Å²) in [6, 6.07) is 18.6. The maximum atomic E-state index is 13.2. The van der Waals surface area contributed by atoms with Crippen molar-refractivity contribution in [3.8, 4) is 17.6 Å². The Labute approximate surface area is 219 Å². The summed E-state index contributed by atoms with van der Waals surface area (Å²) in [5, 5.41) is 14.6. The van der Waals surface area contributed by atoms with E-state index in [0.29, 0.717) is 28.8 Å². The number of benzene rings is 3. The molecule has 3 aromatic carbocycles. The second kappa shape index (κ2) is 13.8. The summed E-state index contributed by atoms with van der Waals surface area (Å²) in [5.74, 6) is 4.45. The lowest BCUT2D eigenvalue weighted by atomic mass is 10.0. The van der Waals surface area contributed by atoms with Crippen LogP contribution >= 0.6 is 11.6 Å². The van der Waals surface area contributed by atoms with E-state index in [-0.39, 0.29) is 24.7 Å². The molecule has 5 N–H and O–H groups in total. The molecule has 3 rings (SSSR count). The Morgan fingerprint density at radius 1 is 1.05 bits per heavy atom. The molecule has 0 heterocycles. The minimum atomic E-state index is -1.03. The Morgan fingerprint density at radius 2 is 1.78 bits per heavy atom. The molecule has 2 amide bonds. The third-order valence-corrected chi connectivity index (χ3v) is 5.61. The van der Waals surface area contributed by atoms with Gasteiger partial charge in [0.2, 0.25) is 11.8 Å². The zero-order valence-corrected chi connectivity index (χ0v) is 20.6. The van der Waals surface area contributed by atoms with Crippen LogP contribution in [0.25, 0.3) is 0 Å². The molecule has 2 atom stereocenters. The Hall–Kier alpha value is -4.16. The van der Waals surface area contributed by atoms with Gasteiger partial charge in [0.25, 0.3) is 0 Å². The number of hydrogen-bond donors (Lipinski definition) is 4. The largest absolute Gasteiger partial charge is 0.491 e. The molecule has 0 saturated heterocycles. The van der Waals surface area contributed by atoms with Crippen molar-refractivity contribution in [1.82, 2.24) is 5.32 Å². The van der Waals surface area contributed by atoms with Gasteiger partial charge in [0, 0.05) is 12.0 Å². The number of halogens is 1. The quantitative estimate of drug-likeness (QED) is 0.240. The normalized spacial score (nSPS) is 11.9. The molecule has 37 heavy (non-hydrogen) atoms. The van der Waals surface area contributed by atoms with Crippen molar-refractivity contribution in [3.05, 3.63) is 94.5 Å². The van der Waals surface area contributed by atoms with Crippen molar-refractivity contribution in [2.45, 2.75) is 18.5 Å². The number of aliphatic hydroxyl groups excluding tert-OH is 1. The number of carbonyl (C=O) groups excluding carboxylic acids is 3. The number of amides is 2. The summed E-state index contributed by atoms with van der Waals surface area (Å²) in [5.41, 5.74) is 8.40. The number of aliphatic hydroxyl groups is 1. The fraction of sp³-hybridized carbons (Fsp3) is 0.179. The van der Waals surface area contributed by atoms with Crippen LogP contribution < -0.4 is 21.1 Å². The van der Waals surface area contributed by atoms with Crippen LogP contribution in [0.5, 0.6) is 5.75 Å². The summed E-state index contributed by atoms with van der Waals surface area (Å²) >= 11 is 6.30. The van der Waals surface area contributed by atoms with Crippen LogP contribution in [0.4, 0.5) is 5.69 Å². The summed E-state index contributed by atoms with van der Waals surface area (Å²) in [6.07, 6.45) is 0.699. The van der Waals surface area contributed by atoms with Gasteiger partial charge in [-0.05, 0) is 47.4 Å². The standard InChI is InChI=1S/C28H26ClN3O5/c29-23-17-20(7-4-14-33)8-13-24(23)31-27(35)25(18-19-5-2-1-3-6-19)32-28(36)26(30)21-9-11-22(12-10-21)37-16-15-34/h1-3,5-6,8-14,17,25-26,34H,15-16,18,30H2,(H,31,35)(H,32,36)/t25-,26-/m0/s1. The van der Waals surface area contributed by atoms with E-state index in [1.807, 2.05) is 30.3 Å². The first kappa shape index (κ1) is 27.4. The second-order valence-electron chi connectivity index (χ2n) is 7.94. The van der Waals surface area contributed by atoms with Gasteiger partial charge in [0.15, 0.2) is 6.29 Å². The molecule has 0 fully saturated rings. The number of hydrogen-bond acceptors (Lipinski definition) is 6. The Kier molecular flexibility index (Phi) is 10.2. The second-order valence-corrected chi connectivity index (χ2v) is 8.35. The van der Waals surface area contributed by atoms with Gasteiger partial charge in [0.05, 0.1) is 17.3 Å². The van der Waals surface area contributed by atoms with Gasteiger partial charge in [-0.1, -0.05) is 60.0 Å². The van der Waals surface area contributed by atoms with Gasteiger partial charge in [-0.3, -0.25) is 14.4 Å². The van der Waals surface area contributed by atoms with E-state index in [0.717, 1.165) is 5.56 Å². The maximum Gasteiger partial charge on any atom is 0.247 e. The molecule has 190 valence electrons. The molecule has 3 aromatic rings. The minimum Gasteiger partial charge on any atom is -0.491 e. The van der Waals surface area contributed by atoms with Crippen molar-refractivity contribution in [2.24, 2.45) is 5.73 Å². The molecule has 0 aromatic heterocycles. The summed E-state index contributed by atoms with van der Waals surface area (Å²) in [4.78, 5) is 36.7. The van der Waals surface area contributed by atoms with Crippen LogP contribution in [0.3, 0.4) is 0 Å². The van der Waals surface area contributed by atoms with Crippen LogP contribution in [0.1, 0.15) is 22.7 Å². The van der Waals surface area contributed by atoms with Gasteiger partial charge in [0.1, 0.15) is 24.4 Å². The lowest BCUT2D eigenvalue weighted by Crippen LogP contribution is -2.48. The first-order valence-electron chi connectivity index (χ1n) is 11.4. The molecule has 8 nitrogen and oxygen atoms in total. The van der Waals surface area contributed by atoms with E-state index in [1.165, 1.54) is 6.07 Å². The number of ether oxygens (including phenoxy) is 1. The van der Waals surface area contributed by atoms with Crippen LogP contribution in [0.2, 0.25) is 5.02 Å².